The highest BCUT2D eigenvalue weighted by Gasteiger charge is 2.51. The molecule has 0 aromatic carbocycles. The van der Waals surface area contributed by atoms with Crippen LogP contribution in [0, 0.1) is 0 Å². The highest BCUT2D eigenvalue weighted by molar-refractivity contribution is 7.47. The molecular weight excluding hydrogens is 449 g/mol. The molecule has 1 unspecified atom stereocenters. The van der Waals surface area contributed by atoms with Crippen LogP contribution in [0.1, 0.15) is 6.92 Å². The Balaban J connectivity index is 2.17. The third kappa shape index (κ3) is 6.17. The maximum absolute atomic E-state index is 12.5. The van der Waals surface area contributed by atoms with E-state index < -0.39 is 88.3 Å². The Labute approximate surface area is 176 Å². The number of phosphoric acid groups is 1. The summed E-state index contributed by atoms with van der Waals surface area (Å²) in [5.41, 5.74) is 0. The van der Waals surface area contributed by atoms with Crippen molar-refractivity contribution in [2.45, 2.75) is 68.3 Å². The lowest BCUT2D eigenvalue weighted by Gasteiger charge is -2.44. The van der Waals surface area contributed by atoms with Crippen LogP contribution in [0.2, 0.25) is 0 Å². The van der Waals surface area contributed by atoms with Gasteiger partial charge in [0.1, 0.15) is 48.8 Å². The third-order valence-corrected chi connectivity index (χ3v) is 5.78. The molecule has 8 N–H and O–H groups in total. The average molecular weight is 477 g/mol. The summed E-state index contributed by atoms with van der Waals surface area (Å²) in [5.74, 6) is -0.583. The summed E-state index contributed by atoms with van der Waals surface area (Å²) in [6.07, 6.45) is -15.0. The lowest BCUT2D eigenvalue weighted by atomic mass is 9.97. The molecule has 16 heteroatoms. The zero-order valence-corrected chi connectivity index (χ0v) is 17.5. The molecule has 2 aliphatic rings. The summed E-state index contributed by atoms with van der Waals surface area (Å²) in [4.78, 5) is 21.5. The molecular formula is C15H28NO14P. The van der Waals surface area contributed by atoms with Crippen LogP contribution >= 0.6 is 7.82 Å². The predicted octanol–water partition coefficient (Wildman–Crippen LogP) is -4.48. The number of amides is 1. The summed E-state index contributed by atoms with van der Waals surface area (Å²) in [6.45, 7) is -0.443. The van der Waals surface area contributed by atoms with Gasteiger partial charge in [-0.2, -0.15) is 0 Å². The van der Waals surface area contributed by atoms with Gasteiger partial charge in [-0.15, -0.1) is 0 Å². The average Bonchev–Trinajstić information content (AvgIpc) is 2.71. The monoisotopic (exact) mass is 477 g/mol. The molecule has 2 rings (SSSR count). The minimum Gasteiger partial charge on any atom is -0.394 e. The second-order valence-corrected chi connectivity index (χ2v) is 8.38. The topological polar surface area (TPSA) is 234 Å². The van der Waals surface area contributed by atoms with Crippen LogP contribution in [0.5, 0.6) is 0 Å². The number of phosphoric ester groups is 1. The summed E-state index contributed by atoms with van der Waals surface area (Å²) in [5, 5.41) is 61.1. The zero-order valence-electron chi connectivity index (χ0n) is 16.6. The van der Waals surface area contributed by atoms with E-state index in [4.69, 9.17) is 23.3 Å². The van der Waals surface area contributed by atoms with E-state index in [0.717, 1.165) is 6.92 Å². The van der Waals surface area contributed by atoms with Gasteiger partial charge in [0.05, 0.1) is 13.2 Å². The molecule has 0 bridgehead atoms. The van der Waals surface area contributed by atoms with E-state index in [-0.39, 0.29) is 0 Å². The first kappa shape index (κ1) is 26.5. The number of methoxy groups -OCH3 is 1. The first-order valence-corrected chi connectivity index (χ1v) is 10.7. The maximum Gasteiger partial charge on any atom is 0.475 e. The minimum atomic E-state index is -5.19. The number of hydrogen-bond acceptors (Lipinski definition) is 13. The maximum atomic E-state index is 12.5. The van der Waals surface area contributed by atoms with Gasteiger partial charge in [0, 0.05) is 14.0 Å². The van der Waals surface area contributed by atoms with Crippen LogP contribution in [0.3, 0.4) is 0 Å². The van der Waals surface area contributed by atoms with Gasteiger partial charge in [0.2, 0.25) is 5.91 Å². The Bertz CT molecular complexity index is 651. The Morgan fingerprint density at radius 2 is 1.52 bits per heavy atom. The van der Waals surface area contributed by atoms with Gasteiger partial charge in [-0.3, -0.25) is 13.8 Å². The molecule has 2 saturated heterocycles. The number of carbonyl (C=O) groups excluding carboxylic acids is 1. The highest BCUT2D eigenvalue weighted by atomic mass is 31.2. The number of carbonyl (C=O) groups is 1. The van der Waals surface area contributed by atoms with Crippen molar-refractivity contribution in [1.29, 1.82) is 0 Å². The first-order chi connectivity index (χ1) is 14.4. The van der Waals surface area contributed by atoms with Crippen LogP contribution in [0.25, 0.3) is 0 Å². The van der Waals surface area contributed by atoms with Crippen molar-refractivity contribution in [1.82, 2.24) is 5.32 Å². The fourth-order valence-electron chi connectivity index (χ4n) is 3.25. The first-order valence-electron chi connectivity index (χ1n) is 9.20. The molecule has 31 heavy (non-hydrogen) atoms. The van der Waals surface area contributed by atoms with Crippen molar-refractivity contribution in [3.63, 3.8) is 0 Å². The van der Waals surface area contributed by atoms with E-state index >= 15 is 0 Å². The molecule has 0 radical (unpaired) electrons. The van der Waals surface area contributed by atoms with Crippen molar-refractivity contribution in [2.24, 2.45) is 0 Å². The predicted molar refractivity (Wildman–Crippen MR) is 95.9 cm³/mol. The normalized spacial score (nSPS) is 43.3. The second kappa shape index (κ2) is 10.9. The molecule has 0 aromatic rings. The largest absolute Gasteiger partial charge is 0.475 e. The molecule has 0 spiro atoms. The van der Waals surface area contributed by atoms with Crippen LogP contribution in [0.15, 0.2) is 0 Å². The quantitative estimate of drug-likeness (QED) is 0.154. The molecule has 15 nitrogen and oxygen atoms in total. The van der Waals surface area contributed by atoms with Gasteiger partial charge in [-0.05, 0) is 0 Å². The van der Waals surface area contributed by atoms with E-state index in [2.05, 4.69) is 5.32 Å². The smallest absolute Gasteiger partial charge is 0.394 e. The van der Waals surface area contributed by atoms with Gasteiger partial charge in [-0.25, -0.2) is 4.57 Å². The molecule has 182 valence electrons. The third-order valence-electron chi connectivity index (χ3n) is 4.80. The van der Waals surface area contributed by atoms with Crippen LogP contribution < -0.4 is 5.32 Å². The second-order valence-electron chi connectivity index (χ2n) is 7.02. The standard InChI is InChI=1S/C15H28NO14P/c1-5(19)16-8-10(21)13(7(4-18)28-14(8)26-2)29-31(24,25)30-15-12(23)11(22)9(20)6(3-17)27-15/h6-15,17-18,20-23H,3-4H2,1-2H3,(H,16,19)(H,24,25)/t6-,7-,8-,9+,10-,11+,12-,13-,14-,15-/m1/s1. The number of nitrogens with one attached hydrogen (secondary N) is 1. The number of hydrogen-bond donors (Lipinski definition) is 8. The van der Waals surface area contributed by atoms with E-state index in [1.807, 2.05) is 0 Å². The summed E-state index contributed by atoms with van der Waals surface area (Å²) < 4.78 is 37.5. The fourth-order valence-corrected chi connectivity index (χ4v) is 4.31. The van der Waals surface area contributed by atoms with Crippen LogP contribution in [-0.2, 0) is 32.6 Å². The van der Waals surface area contributed by atoms with Gasteiger partial charge in [-0.1, -0.05) is 0 Å². The fraction of sp³-hybridized carbons (Fsp3) is 0.933. The Morgan fingerprint density at radius 1 is 0.935 bits per heavy atom. The molecule has 2 aliphatic heterocycles. The minimum absolute atomic E-state index is 0.583. The molecule has 0 aliphatic carbocycles. The van der Waals surface area contributed by atoms with E-state index in [0.29, 0.717) is 0 Å². The van der Waals surface area contributed by atoms with Crippen molar-refractivity contribution in [3.05, 3.63) is 0 Å². The Morgan fingerprint density at radius 3 is 2.03 bits per heavy atom. The summed E-state index contributed by atoms with van der Waals surface area (Å²) in [7, 11) is -3.98. The molecule has 1 amide bonds. The molecule has 11 atom stereocenters. The molecule has 0 aromatic heterocycles. The van der Waals surface area contributed by atoms with Crippen LogP contribution in [0.4, 0.5) is 0 Å². The highest BCUT2D eigenvalue weighted by Crippen LogP contribution is 2.49. The van der Waals surface area contributed by atoms with Crippen molar-refractivity contribution >= 4 is 13.7 Å². The van der Waals surface area contributed by atoms with Crippen molar-refractivity contribution < 1.29 is 68.2 Å². The number of aliphatic hydroxyl groups excluding tert-OH is 6. The van der Waals surface area contributed by atoms with Gasteiger partial charge in [0.25, 0.3) is 0 Å². The van der Waals surface area contributed by atoms with Crippen LogP contribution in [-0.4, -0.2) is 123 Å². The van der Waals surface area contributed by atoms with E-state index in [1.165, 1.54) is 7.11 Å². The number of ether oxygens (including phenoxy) is 3. The molecule has 2 heterocycles. The van der Waals surface area contributed by atoms with E-state index in [1.54, 1.807) is 0 Å². The number of rotatable bonds is 8. The van der Waals surface area contributed by atoms with Crippen molar-refractivity contribution in [3.8, 4) is 0 Å². The SMILES string of the molecule is CO[C@@H]1O[C@H](CO)[C@@H](OP(=O)(O)O[C@H]2O[C@H](CO)[C@H](O)[C@H](O)[C@H]2O)[C@H](O)[C@H]1NC(C)=O. The number of aliphatic hydroxyl groups is 6. The Hall–Kier alpha value is -0.780. The van der Waals surface area contributed by atoms with Crippen molar-refractivity contribution in [2.75, 3.05) is 20.3 Å². The zero-order chi connectivity index (χ0) is 23.5. The summed E-state index contributed by atoms with van der Waals surface area (Å²) >= 11 is 0. The van der Waals surface area contributed by atoms with Gasteiger partial charge < -0.3 is 55.1 Å². The summed E-state index contributed by atoms with van der Waals surface area (Å²) in [6, 6.07) is -1.25. The lowest BCUT2D eigenvalue weighted by molar-refractivity contribution is -0.286. The molecule has 0 saturated carbocycles. The Kier molecular flexibility index (Phi) is 9.30. The molecule has 2 fully saturated rings. The lowest BCUT2D eigenvalue weighted by Crippen LogP contribution is -2.65. The van der Waals surface area contributed by atoms with Gasteiger partial charge in [0.15, 0.2) is 12.6 Å². The van der Waals surface area contributed by atoms with E-state index in [9.17, 15) is 44.9 Å². The van der Waals surface area contributed by atoms with Gasteiger partial charge >= 0.3 is 7.82 Å².